The van der Waals surface area contributed by atoms with Crippen LogP contribution < -0.4 is 10.1 Å². The molecule has 5 nitrogen and oxygen atoms in total. The Balaban J connectivity index is 0.00000147. The van der Waals surface area contributed by atoms with Crippen molar-refractivity contribution in [3.05, 3.63) is 41.5 Å². The van der Waals surface area contributed by atoms with Crippen LogP contribution in [-0.4, -0.2) is 23.8 Å². The number of ether oxygens (including phenoxy) is 1. The number of halogens is 1. The smallest absolute Gasteiger partial charge is 0.243 e. The molecular formula is C14H18ClN3O2. The summed E-state index contributed by atoms with van der Waals surface area (Å²) in [6.07, 6.45) is 2.92. The minimum absolute atomic E-state index is 0. The number of hydrogen-bond donors (Lipinski definition) is 1. The summed E-state index contributed by atoms with van der Waals surface area (Å²) in [5.74, 6) is 2.29. The highest BCUT2D eigenvalue weighted by Crippen LogP contribution is 2.21. The Hall–Kier alpha value is -1.59. The Morgan fingerprint density at radius 1 is 1.35 bits per heavy atom. The monoisotopic (exact) mass is 295 g/mol. The van der Waals surface area contributed by atoms with Crippen LogP contribution in [-0.2, 0) is 6.42 Å². The second kappa shape index (κ2) is 6.72. The topological polar surface area (TPSA) is 60.2 Å². The van der Waals surface area contributed by atoms with Crippen molar-refractivity contribution >= 4 is 12.4 Å². The van der Waals surface area contributed by atoms with Gasteiger partial charge in [0.05, 0.1) is 13.2 Å². The SMILES string of the molecule is COc1ccc(Cc2noc([C@H]3CCCN3)n2)cc1.Cl. The molecule has 1 saturated heterocycles. The van der Waals surface area contributed by atoms with Crippen LogP contribution in [0.15, 0.2) is 28.8 Å². The van der Waals surface area contributed by atoms with Crippen molar-refractivity contribution < 1.29 is 9.26 Å². The molecule has 1 aliphatic rings. The van der Waals surface area contributed by atoms with E-state index < -0.39 is 0 Å². The zero-order valence-electron chi connectivity index (χ0n) is 11.3. The summed E-state index contributed by atoms with van der Waals surface area (Å²) in [5, 5.41) is 7.39. The summed E-state index contributed by atoms with van der Waals surface area (Å²) in [5.41, 5.74) is 1.15. The lowest BCUT2D eigenvalue weighted by atomic mass is 10.1. The van der Waals surface area contributed by atoms with E-state index in [1.807, 2.05) is 24.3 Å². The predicted molar refractivity (Wildman–Crippen MR) is 77.3 cm³/mol. The lowest BCUT2D eigenvalue weighted by Gasteiger charge is -2.02. The molecule has 1 aromatic heterocycles. The second-order valence-electron chi connectivity index (χ2n) is 4.72. The van der Waals surface area contributed by atoms with Gasteiger partial charge in [-0.2, -0.15) is 4.98 Å². The van der Waals surface area contributed by atoms with E-state index >= 15 is 0 Å². The largest absolute Gasteiger partial charge is 0.497 e. The molecule has 0 radical (unpaired) electrons. The van der Waals surface area contributed by atoms with Gasteiger partial charge < -0.3 is 14.6 Å². The van der Waals surface area contributed by atoms with Gasteiger partial charge in [0.15, 0.2) is 5.82 Å². The number of hydrogen-bond acceptors (Lipinski definition) is 5. The zero-order chi connectivity index (χ0) is 13.1. The number of aromatic nitrogens is 2. The molecular weight excluding hydrogens is 278 g/mol. The Kier molecular flexibility index (Phi) is 4.98. The fourth-order valence-corrected chi connectivity index (χ4v) is 2.30. The minimum atomic E-state index is 0. The Morgan fingerprint density at radius 3 is 2.80 bits per heavy atom. The number of nitrogens with one attached hydrogen (secondary N) is 1. The highest BCUT2D eigenvalue weighted by atomic mass is 35.5. The predicted octanol–water partition coefficient (Wildman–Crippen LogP) is 2.52. The fourth-order valence-electron chi connectivity index (χ4n) is 2.30. The molecule has 0 aliphatic carbocycles. The standard InChI is InChI=1S/C14H17N3O2.ClH/c1-18-11-6-4-10(5-7-11)9-13-16-14(19-17-13)12-3-2-8-15-12;/h4-7,12,15H,2-3,8-9H2,1H3;1H/t12-;/m1./s1. The van der Waals surface area contributed by atoms with Crippen LogP contribution >= 0.6 is 12.4 Å². The van der Waals surface area contributed by atoms with Crippen molar-refractivity contribution in [3.63, 3.8) is 0 Å². The van der Waals surface area contributed by atoms with Crippen molar-refractivity contribution in [2.45, 2.75) is 25.3 Å². The van der Waals surface area contributed by atoms with Crippen LogP contribution in [0, 0.1) is 0 Å². The average Bonchev–Trinajstić information content (AvgIpc) is 3.10. The van der Waals surface area contributed by atoms with Crippen LogP contribution in [0.5, 0.6) is 5.75 Å². The van der Waals surface area contributed by atoms with Gasteiger partial charge in [0.1, 0.15) is 5.75 Å². The van der Waals surface area contributed by atoms with E-state index in [9.17, 15) is 0 Å². The van der Waals surface area contributed by atoms with Crippen molar-refractivity contribution in [2.75, 3.05) is 13.7 Å². The normalized spacial score (nSPS) is 17.8. The van der Waals surface area contributed by atoms with Crippen LogP contribution in [0.4, 0.5) is 0 Å². The third-order valence-electron chi connectivity index (χ3n) is 3.36. The van der Waals surface area contributed by atoms with Gasteiger partial charge in [-0.3, -0.25) is 0 Å². The average molecular weight is 296 g/mol. The summed E-state index contributed by atoms with van der Waals surface area (Å²) in [6, 6.07) is 8.15. The number of benzene rings is 1. The molecule has 2 aromatic rings. The van der Waals surface area contributed by atoms with Gasteiger partial charge in [-0.25, -0.2) is 0 Å². The third kappa shape index (κ3) is 3.29. The molecule has 1 fully saturated rings. The lowest BCUT2D eigenvalue weighted by Crippen LogP contribution is -2.13. The number of rotatable bonds is 4. The van der Waals surface area contributed by atoms with Gasteiger partial charge in [-0.15, -0.1) is 12.4 Å². The summed E-state index contributed by atoms with van der Waals surface area (Å²) >= 11 is 0. The van der Waals surface area contributed by atoms with E-state index in [2.05, 4.69) is 15.5 Å². The van der Waals surface area contributed by atoms with Crippen molar-refractivity contribution in [3.8, 4) is 5.75 Å². The van der Waals surface area contributed by atoms with E-state index in [0.29, 0.717) is 12.3 Å². The van der Waals surface area contributed by atoms with Crippen LogP contribution in [0.3, 0.4) is 0 Å². The molecule has 1 N–H and O–H groups in total. The molecule has 0 spiro atoms. The highest BCUT2D eigenvalue weighted by molar-refractivity contribution is 5.85. The van der Waals surface area contributed by atoms with Crippen LogP contribution in [0.1, 0.15) is 36.2 Å². The summed E-state index contributed by atoms with van der Waals surface area (Å²) < 4.78 is 10.5. The van der Waals surface area contributed by atoms with Crippen molar-refractivity contribution in [1.82, 2.24) is 15.5 Å². The molecule has 2 heterocycles. The van der Waals surface area contributed by atoms with Gasteiger partial charge in [-0.05, 0) is 37.1 Å². The molecule has 108 valence electrons. The summed E-state index contributed by atoms with van der Waals surface area (Å²) in [6.45, 7) is 1.03. The van der Waals surface area contributed by atoms with Crippen LogP contribution in [0.25, 0.3) is 0 Å². The molecule has 0 saturated carbocycles. The van der Waals surface area contributed by atoms with E-state index in [1.165, 1.54) is 6.42 Å². The summed E-state index contributed by atoms with van der Waals surface area (Å²) in [4.78, 5) is 4.46. The number of nitrogens with zero attached hydrogens (tertiary/aromatic N) is 2. The van der Waals surface area contributed by atoms with Crippen molar-refractivity contribution in [1.29, 1.82) is 0 Å². The molecule has 1 atom stereocenters. The first-order valence-corrected chi connectivity index (χ1v) is 6.54. The maximum absolute atomic E-state index is 5.32. The van der Waals surface area contributed by atoms with Gasteiger partial charge >= 0.3 is 0 Å². The van der Waals surface area contributed by atoms with E-state index in [1.54, 1.807) is 7.11 Å². The van der Waals surface area contributed by atoms with E-state index in [-0.39, 0.29) is 18.4 Å². The van der Waals surface area contributed by atoms with E-state index in [4.69, 9.17) is 9.26 Å². The molecule has 6 heteroatoms. The molecule has 1 aliphatic heterocycles. The zero-order valence-corrected chi connectivity index (χ0v) is 12.2. The maximum Gasteiger partial charge on any atom is 0.243 e. The lowest BCUT2D eigenvalue weighted by molar-refractivity contribution is 0.341. The Labute approximate surface area is 124 Å². The molecule has 1 aromatic carbocycles. The van der Waals surface area contributed by atoms with Gasteiger partial charge in [0.2, 0.25) is 5.89 Å². The minimum Gasteiger partial charge on any atom is -0.497 e. The number of methoxy groups -OCH3 is 1. The molecule has 0 unspecified atom stereocenters. The first-order chi connectivity index (χ1) is 9.35. The second-order valence-corrected chi connectivity index (χ2v) is 4.72. The van der Waals surface area contributed by atoms with Crippen molar-refractivity contribution in [2.24, 2.45) is 0 Å². The quantitative estimate of drug-likeness (QED) is 0.939. The molecule has 3 rings (SSSR count). The first-order valence-electron chi connectivity index (χ1n) is 6.54. The highest BCUT2D eigenvalue weighted by Gasteiger charge is 2.22. The third-order valence-corrected chi connectivity index (χ3v) is 3.36. The summed E-state index contributed by atoms with van der Waals surface area (Å²) in [7, 11) is 1.66. The first kappa shape index (κ1) is 14.8. The maximum atomic E-state index is 5.32. The van der Waals surface area contributed by atoms with Gasteiger partial charge in [-0.1, -0.05) is 17.3 Å². The fraction of sp³-hybridized carbons (Fsp3) is 0.429. The Morgan fingerprint density at radius 2 is 2.15 bits per heavy atom. The van der Waals surface area contributed by atoms with E-state index in [0.717, 1.165) is 30.1 Å². The molecule has 0 amide bonds. The van der Waals surface area contributed by atoms with Gasteiger partial charge in [0.25, 0.3) is 0 Å². The Bertz CT molecular complexity index is 536. The molecule has 20 heavy (non-hydrogen) atoms. The van der Waals surface area contributed by atoms with Crippen LogP contribution in [0.2, 0.25) is 0 Å². The van der Waals surface area contributed by atoms with Gasteiger partial charge in [0, 0.05) is 6.42 Å². The molecule has 0 bridgehead atoms.